The summed E-state index contributed by atoms with van der Waals surface area (Å²) in [6.45, 7) is 0. The standard InChI is InChI=1S/C24H21N3O6/c1-31-19-10-13-4-7-16(19)25-23(29)14-5-8-18(20(11-14)32-2)27-24(30)15-6-9-17(26-22(13)28)21(12-15)33-3/h4-12H,1-3H3,(H,25,29)(H,26,28)(H,27,30). The van der Waals surface area contributed by atoms with Gasteiger partial charge in [-0.3, -0.25) is 14.4 Å². The van der Waals surface area contributed by atoms with Gasteiger partial charge < -0.3 is 29.2 Å². The Bertz CT molecular complexity index is 1450. The predicted molar refractivity (Wildman–Crippen MR) is 127 cm³/mol. The van der Waals surface area contributed by atoms with E-state index in [1.165, 1.54) is 39.5 Å². The highest BCUT2D eigenvalue weighted by molar-refractivity contribution is 5.73. The van der Waals surface area contributed by atoms with Crippen molar-refractivity contribution in [1.82, 2.24) is 15.0 Å². The zero-order valence-corrected chi connectivity index (χ0v) is 18.1. The number of H-pyrrole nitrogens is 3. The van der Waals surface area contributed by atoms with E-state index in [4.69, 9.17) is 14.2 Å². The third-order valence-electron chi connectivity index (χ3n) is 5.14. The van der Waals surface area contributed by atoms with Gasteiger partial charge in [0.15, 0.2) is 0 Å². The van der Waals surface area contributed by atoms with Gasteiger partial charge in [-0.05, 0) is 54.6 Å². The van der Waals surface area contributed by atoms with Gasteiger partial charge in [0.2, 0.25) is 0 Å². The van der Waals surface area contributed by atoms with Crippen molar-refractivity contribution in [2.45, 2.75) is 0 Å². The van der Waals surface area contributed by atoms with E-state index in [0.29, 0.717) is 50.0 Å². The molecule has 9 aromatic rings. The Morgan fingerprint density at radius 2 is 0.758 bits per heavy atom. The summed E-state index contributed by atoms with van der Waals surface area (Å²) >= 11 is 0. The molecular weight excluding hydrogens is 426 g/mol. The van der Waals surface area contributed by atoms with E-state index in [0.717, 1.165) is 0 Å². The largest absolute Gasteiger partial charge is 0.495 e. The number of rotatable bonds is 3. The zero-order chi connectivity index (χ0) is 23.5. The maximum absolute atomic E-state index is 12.8. The molecule has 9 heteroatoms. The molecule has 0 atom stereocenters. The van der Waals surface area contributed by atoms with E-state index in [1.54, 1.807) is 36.4 Å². The van der Waals surface area contributed by atoms with Crippen molar-refractivity contribution in [3.63, 3.8) is 0 Å². The van der Waals surface area contributed by atoms with Crippen LogP contribution in [0.5, 0.6) is 17.2 Å². The minimum Gasteiger partial charge on any atom is -0.495 e. The van der Waals surface area contributed by atoms with Crippen molar-refractivity contribution in [1.29, 1.82) is 0 Å². The van der Waals surface area contributed by atoms with Crippen LogP contribution in [-0.2, 0) is 0 Å². The quantitative estimate of drug-likeness (QED) is 0.443. The molecule has 3 aromatic carbocycles. The summed E-state index contributed by atoms with van der Waals surface area (Å²) < 4.78 is 16.1. The van der Waals surface area contributed by atoms with Crippen LogP contribution in [0.15, 0.2) is 69.0 Å². The zero-order valence-electron chi connectivity index (χ0n) is 18.1. The molecule has 0 aliphatic rings. The Hall–Kier alpha value is -4.53. The fraction of sp³-hybridized carbons (Fsp3) is 0.125. The van der Waals surface area contributed by atoms with Crippen molar-refractivity contribution >= 4 is 32.7 Å². The smallest absolute Gasteiger partial charge is 0.255 e. The molecule has 0 fully saturated rings. The second-order valence-corrected chi connectivity index (χ2v) is 7.11. The fourth-order valence-electron chi connectivity index (χ4n) is 3.39. The van der Waals surface area contributed by atoms with E-state index in [9.17, 15) is 14.4 Å². The van der Waals surface area contributed by atoms with Gasteiger partial charge >= 0.3 is 0 Å². The summed E-state index contributed by atoms with van der Waals surface area (Å²) in [6.07, 6.45) is 0. The fourth-order valence-corrected chi connectivity index (χ4v) is 3.39. The minimum absolute atomic E-state index is 0.306. The molecule has 0 aliphatic carbocycles. The van der Waals surface area contributed by atoms with Crippen LogP contribution in [0.3, 0.4) is 0 Å². The SMILES string of the molecule is COc1cc2ccc1[nH]c(=O)c1ccc([nH]c(=O)c3ccc([nH]c2=O)c(OC)c3)c(OC)c1. The third kappa shape index (κ3) is 4.29. The molecular formula is C24H21N3O6. The summed E-state index contributed by atoms with van der Waals surface area (Å²) in [4.78, 5) is 46.7. The van der Waals surface area contributed by atoms with Crippen LogP contribution in [0.1, 0.15) is 0 Å². The number of methoxy groups -OCH3 is 3. The van der Waals surface area contributed by atoms with Crippen molar-refractivity contribution < 1.29 is 14.2 Å². The number of ether oxygens (including phenoxy) is 3. The number of hydrogen-bond acceptors (Lipinski definition) is 6. The first-order valence-electron chi connectivity index (χ1n) is 9.91. The van der Waals surface area contributed by atoms with Crippen LogP contribution < -0.4 is 30.9 Å². The first-order chi connectivity index (χ1) is 15.9. The molecule has 33 heavy (non-hydrogen) atoms. The van der Waals surface area contributed by atoms with E-state index in [2.05, 4.69) is 15.0 Å². The maximum atomic E-state index is 12.8. The van der Waals surface area contributed by atoms with Crippen LogP contribution in [0.4, 0.5) is 0 Å². The monoisotopic (exact) mass is 447 g/mol. The summed E-state index contributed by atoms with van der Waals surface area (Å²) in [5.41, 5.74) is -0.0810. The number of nitrogens with one attached hydrogen (secondary N) is 3. The first-order valence-corrected chi connectivity index (χ1v) is 9.91. The summed E-state index contributed by atoms with van der Waals surface area (Å²) in [5, 5.41) is 0.919. The summed E-state index contributed by atoms with van der Waals surface area (Å²) in [5.74, 6) is 0.945. The molecule has 0 spiro atoms. The lowest BCUT2D eigenvalue weighted by molar-refractivity contribution is 0.418. The van der Waals surface area contributed by atoms with Gasteiger partial charge in [-0.1, -0.05) is 0 Å². The summed E-state index contributed by atoms with van der Waals surface area (Å²) in [7, 11) is 4.34. The van der Waals surface area contributed by atoms with Crippen LogP contribution in [0.25, 0.3) is 32.7 Å². The van der Waals surface area contributed by atoms with E-state index in [1.807, 2.05) is 0 Å². The highest BCUT2D eigenvalue weighted by Gasteiger charge is 2.04. The predicted octanol–water partition coefficient (Wildman–Crippen LogP) is 2.92. The van der Waals surface area contributed by atoms with Gasteiger partial charge in [-0.25, -0.2) is 0 Å². The molecule has 0 unspecified atom stereocenters. The molecule has 168 valence electrons. The lowest BCUT2D eigenvalue weighted by atomic mass is 10.2. The van der Waals surface area contributed by atoms with Gasteiger partial charge in [0, 0.05) is 16.2 Å². The molecule has 9 nitrogen and oxygen atoms in total. The molecule has 3 N–H and O–H groups in total. The van der Waals surface area contributed by atoms with Crippen molar-refractivity contribution in [3.05, 3.63) is 85.7 Å². The van der Waals surface area contributed by atoms with Crippen molar-refractivity contribution in [3.8, 4) is 17.2 Å². The van der Waals surface area contributed by atoms with Crippen LogP contribution in [-0.4, -0.2) is 36.3 Å². The van der Waals surface area contributed by atoms with Crippen LogP contribution >= 0.6 is 0 Å². The van der Waals surface area contributed by atoms with Crippen molar-refractivity contribution in [2.75, 3.05) is 21.3 Å². The van der Waals surface area contributed by atoms with Gasteiger partial charge in [0.25, 0.3) is 16.7 Å². The number of aromatic nitrogens is 3. The molecule has 0 aliphatic heterocycles. The lowest BCUT2D eigenvalue weighted by Crippen LogP contribution is -2.07. The Morgan fingerprint density at radius 1 is 0.485 bits per heavy atom. The molecule has 6 aromatic heterocycles. The highest BCUT2D eigenvalue weighted by atomic mass is 16.5. The van der Waals surface area contributed by atoms with Gasteiger partial charge in [0.05, 0.1) is 37.9 Å². The molecule has 0 saturated heterocycles. The normalized spacial score (nSPS) is 10.6. The summed E-state index contributed by atoms with van der Waals surface area (Å²) in [6, 6.07) is 14.0. The number of hydrogen-bond donors (Lipinski definition) is 3. The molecule has 6 bridgehead atoms. The molecule has 0 amide bonds. The topological polar surface area (TPSA) is 126 Å². The first kappa shape index (κ1) is 21.7. The Labute approximate surface area is 186 Å². The van der Waals surface area contributed by atoms with Crippen LogP contribution in [0, 0.1) is 0 Å². The third-order valence-corrected chi connectivity index (χ3v) is 5.14. The maximum Gasteiger partial charge on any atom is 0.255 e. The molecule has 6 heterocycles. The second kappa shape index (κ2) is 8.91. The van der Waals surface area contributed by atoms with E-state index in [-0.39, 0.29) is 0 Å². The molecule has 9 rings (SSSR count). The average molecular weight is 447 g/mol. The number of benzene rings is 3. The van der Waals surface area contributed by atoms with Gasteiger partial charge in [0.1, 0.15) is 17.2 Å². The number of aromatic amines is 3. The van der Waals surface area contributed by atoms with Crippen LogP contribution in [0.2, 0.25) is 0 Å². The molecule has 0 radical (unpaired) electrons. The molecule has 0 saturated carbocycles. The second-order valence-electron chi connectivity index (χ2n) is 7.11. The Kier molecular flexibility index (Phi) is 5.86. The van der Waals surface area contributed by atoms with Gasteiger partial charge in [-0.2, -0.15) is 0 Å². The average Bonchev–Trinajstić information content (AvgIpc) is 2.83. The van der Waals surface area contributed by atoms with E-state index < -0.39 is 16.7 Å². The van der Waals surface area contributed by atoms with Gasteiger partial charge in [-0.15, -0.1) is 0 Å². The lowest BCUT2D eigenvalue weighted by Gasteiger charge is -2.04. The highest BCUT2D eigenvalue weighted by Crippen LogP contribution is 2.20. The Morgan fingerprint density at radius 3 is 1.00 bits per heavy atom. The van der Waals surface area contributed by atoms with Crippen molar-refractivity contribution in [2.24, 2.45) is 0 Å². The Balaban J connectivity index is 2.25. The van der Waals surface area contributed by atoms with E-state index >= 15 is 0 Å². The minimum atomic E-state index is -0.414.